The van der Waals surface area contributed by atoms with Crippen LogP contribution < -0.4 is 5.32 Å². The second-order valence-electron chi connectivity index (χ2n) is 5.51. The topological polar surface area (TPSA) is 79.5 Å². The van der Waals surface area contributed by atoms with Gasteiger partial charge in [0, 0.05) is 6.04 Å². The lowest BCUT2D eigenvalue weighted by molar-refractivity contribution is -0.121. The van der Waals surface area contributed by atoms with Crippen LogP contribution in [0.25, 0.3) is 0 Å². The van der Waals surface area contributed by atoms with Gasteiger partial charge in [0.05, 0.1) is 12.7 Å². The van der Waals surface area contributed by atoms with Gasteiger partial charge in [0.2, 0.25) is 5.91 Å². The fourth-order valence-corrected chi connectivity index (χ4v) is 2.58. The molecule has 19 heavy (non-hydrogen) atoms. The average Bonchev–Trinajstić information content (AvgIpc) is 3.26. The van der Waals surface area contributed by atoms with E-state index in [2.05, 4.69) is 5.32 Å². The number of carbonyl (C=O) groups excluding carboxylic acids is 1. The number of amides is 1. The quantitative estimate of drug-likeness (QED) is 0.820. The predicted molar refractivity (Wildman–Crippen MR) is 66.8 cm³/mol. The van der Waals surface area contributed by atoms with Gasteiger partial charge in [0.1, 0.15) is 11.3 Å². The molecule has 0 atom stereocenters. The van der Waals surface area contributed by atoms with Gasteiger partial charge in [-0.25, -0.2) is 4.79 Å². The molecule has 3 rings (SSSR count). The summed E-state index contributed by atoms with van der Waals surface area (Å²) in [6.45, 7) is 0. The Morgan fingerprint density at radius 1 is 1.32 bits per heavy atom. The first-order valence-electron chi connectivity index (χ1n) is 6.74. The Balaban J connectivity index is 1.61. The van der Waals surface area contributed by atoms with Crippen molar-refractivity contribution in [3.05, 3.63) is 23.7 Å². The zero-order valence-corrected chi connectivity index (χ0v) is 10.6. The molecule has 2 aliphatic rings. The summed E-state index contributed by atoms with van der Waals surface area (Å²) in [5.41, 5.74) is 0.0737. The molecule has 0 spiro atoms. The number of nitrogens with one attached hydrogen (secondary N) is 1. The predicted octanol–water partition coefficient (Wildman–Crippen LogP) is 1.83. The van der Waals surface area contributed by atoms with Crippen molar-refractivity contribution in [1.82, 2.24) is 5.32 Å². The van der Waals surface area contributed by atoms with E-state index in [1.54, 1.807) is 0 Å². The van der Waals surface area contributed by atoms with Gasteiger partial charge < -0.3 is 14.8 Å². The van der Waals surface area contributed by atoms with Gasteiger partial charge in [0.15, 0.2) is 0 Å². The largest absolute Gasteiger partial charge is 0.478 e. The monoisotopic (exact) mass is 263 g/mol. The van der Waals surface area contributed by atoms with Gasteiger partial charge in [-0.15, -0.1) is 0 Å². The molecule has 2 saturated carbocycles. The van der Waals surface area contributed by atoms with Crippen molar-refractivity contribution in [2.45, 2.75) is 38.1 Å². The number of rotatable bonds is 6. The molecule has 1 aromatic heterocycles. The first-order valence-corrected chi connectivity index (χ1v) is 6.74. The highest BCUT2D eigenvalue weighted by atomic mass is 16.4. The molecule has 1 heterocycles. The van der Waals surface area contributed by atoms with Crippen molar-refractivity contribution in [2.24, 2.45) is 11.8 Å². The third-order valence-electron chi connectivity index (χ3n) is 3.88. The number of aromatic carboxylic acids is 1. The van der Waals surface area contributed by atoms with Gasteiger partial charge >= 0.3 is 5.97 Å². The summed E-state index contributed by atoms with van der Waals surface area (Å²) in [4.78, 5) is 22.9. The third kappa shape index (κ3) is 2.80. The minimum Gasteiger partial charge on any atom is -0.478 e. The van der Waals surface area contributed by atoms with Gasteiger partial charge in [-0.05, 0) is 43.6 Å². The van der Waals surface area contributed by atoms with Crippen molar-refractivity contribution >= 4 is 11.9 Å². The van der Waals surface area contributed by atoms with E-state index >= 15 is 0 Å². The van der Waals surface area contributed by atoms with Crippen LogP contribution in [0.4, 0.5) is 0 Å². The van der Waals surface area contributed by atoms with Crippen LogP contribution in [0.2, 0.25) is 0 Å². The van der Waals surface area contributed by atoms with Gasteiger partial charge in [-0.2, -0.15) is 0 Å². The van der Waals surface area contributed by atoms with Crippen molar-refractivity contribution < 1.29 is 19.1 Å². The van der Waals surface area contributed by atoms with E-state index in [0.717, 1.165) is 0 Å². The Bertz CT molecular complexity index is 487. The summed E-state index contributed by atoms with van der Waals surface area (Å²) in [6, 6.07) is 1.67. The van der Waals surface area contributed by atoms with Crippen molar-refractivity contribution in [3.63, 3.8) is 0 Å². The lowest BCUT2D eigenvalue weighted by atomic mass is 10.1. The van der Waals surface area contributed by atoms with Crippen molar-refractivity contribution in [1.29, 1.82) is 0 Å². The molecule has 2 fully saturated rings. The molecule has 0 saturated heterocycles. The Kier molecular flexibility index (Phi) is 3.05. The van der Waals surface area contributed by atoms with E-state index < -0.39 is 5.97 Å². The Labute approximate surface area is 111 Å². The van der Waals surface area contributed by atoms with Crippen molar-refractivity contribution in [3.8, 4) is 0 Å². The maximum atomic E-state index is 12.0. The maximum Gasteiger partial charge on any atom is 0.339 e. The van der Waals surface area contributed by atoms with E-state index in [-0.39, 0.29) is 29.7 Å². The molecule has 0 aromatic carbocycles. The molecule has 2 aliphatic carbocycles. The summed E-state index contributed by atoms with van der Waals surface area (Å²) >= 11 is 0. The Hall–Kier alpha value is -1.78. The number of carboxylic acid groups (broad SMARTS) is 1. The molecular formula is C14H17NO4. The van der Waals surface area contributed by atoms with Crippen LogP contribution in [0.5, 0.6) is 0 Å². The molecule has 102 valence electrons. The summed E-state index contributed by atoms with van der Waals surface area (Å²) in [6.07, 6.45) is 6.10. The van der Waals surface area contributed by atoms with E-state index in [9.17, 15) is 9.59 Å². The summed E-state index contributed by atoms with van der Waals surface area (Å²) in [7, 11) is 0. The standard InChI is InChI=1S/C14H17NO4/c16-12(7-11-10(14(17)18)5-6-19-11)15-13(8-1-2-8)9-3-4-9/h5-6,8-9,13H,1-4,7H2,(H,15,16)(H,17,18). The minimum atomic E-state index is -1.06. The highest BCUT2D eigenvalue weighted by Gasteiger charge is 2.42. The molecule has 0 bridgehead atoms. The number of hydrogen-bond donors (Lipinski definition) is 2. The lowest BCUT2D eigenvalue weighted by Gasteiger charge is -2.17. The van der Waals surface area contributed by atoms with Crippen LogP contribution in [-0.2, 0) is 11.2 Å². The number of carboxylic acids is 1. The molecule has 0 radical (unpaired) electrons. The van der Waals surface area contributed by atoms with Crippen LogP contribution in [0.15, 0.2) is 16.7 Å². The van der Waals surface area contributed by atoms with Crippen LogP contribution in [0.1, 0.15) is 41.8 Å². The maximum absolute atomic E-state index is 12.0. The lowest BCUT2D eigenvalue weighted by Crippen LogP contribution is -2.39. The van der Waals surface area contributed by atoms with Gasteiger partial charge in [0.25, 0.3) is 0 Å². The molecule has 0 aliphatic heterocycles. The van der Waals surface area contributed by atoms with E-state index in [0.29, 0.717) is 11.8 Å². The number of carbonyl (C=O) groups is 2. The summed E-state index contributed by atoms with van der Waals surface area (Å²) in [5.74, 6) is 0.299. The zero-order valence-electron chi connectivity index (χ0n) is 10.6. The Morgan fingerprint density at radius 2 is 1.95 bits per heavy atom. The third-order valence-corrected chi connectivity index (χ3v) is 3.88. The van der Waals surface area contributed by atoms with E-state index in [4.69, 9.17) is 9.52 Å². The average molecular weight is 263 g/mol. The number of furan rings is 1. The smallest absolute Gasteiger partial charge is 0.339 e. The highest BCUT2D eigenvalue weighted by molar-refractivity contribution is 5.90. The molecular weight excluding hydrogens is 246 g/mol. The summed E-state index contributed by atoms with van der Waals surface area (Å²) in [5, 5.41) is 12.0. The Morgan fingerprint density at radius 3 is 2.47 bits per heavy atom. The first kappa shape index (κ1) is 12.3. The minimum absolute atomic E-state index is 0.00454. The first-order chi connectivity index (χ1) is 9.15. The molecule has 5 nitrogen and oxygen atoms in total. The van der Waals surface area contributed by atoms with Gasteiger partial charge in [-0.1, -0.05) is 0 Å². The van der Waals surface area contributed by atoms with Crippen LogP contribution in [0.3, 0.4) is 0 Å². The normalized spacial score (nSPS) is 18.6. The van der Waals surface area contributed by atoms with E-state index in [1.807, 2.05) is 0 Å². The zero-order chi connectivity index (χ0) is 13.4. The molecule has 1 aromatic rings. The summed E-state index contributed by atoms with van der Waals surface area (Å²) < 4.78 is 5.09. The molecule has 0 unspecified atom stereocenters. The van der Waals surface area contributed by atoms with Gasteiger partial charge in [-0.3, -0.25) is 4.79 Å². The highest BCUT2D eigenvalue weighted by Crippen LogP contribution is 2.44. The van der Waals surface area contributed by atoms with Crippen LogP contribution in [0, 0.1) is 11.8 Å². The van der Waals surface area contributed by atoms with Crippen LogP contribution >= 0.6 is 0 Å². The molecule has 2 N–H and O–H groups in total. The van der Waals surface area contributed by atoms with Crippen LogP contribution in [-0.4, -0.2) is 23.0 Å². The molecule has 5 heteroatoms. The van der Waals surface area contributed by atoms with E-state index in [1.165, 1.54) is 38.0 Å². The second kappa shape index (κ2) is 4.72. The fraction of sp³-hybridized carbons (Fsp3) is 0.571. The fourth-order valence-electron chi connectivity index (χ4n) is 2.58. The SMILES string of the molecule is O=C(Cc1occc1C(=O)O)NC(C1CC1)C1CC1. The second-order valence-corrected chi connectivity index (χ2v) is 5.51. The molecule has 1 amide bonds. The van der Waals surface area contributed by atoms with Crippen molar-refractivity contribution in [2.75, 3.05) is 0 Å². The number of hydrogen-bond acceptors (Lipinski definition) is 3.